The second kappa shape index (κ2) is 8.30. The van der Waals surface area contributed by atoms with Crippen molar-refractivity contribution in [1.29, 1.82) is 5.26 Å². The van der Waals surface area contributed by atoms with Crippen LogP contribution in [0.25, 0.3) is 5.57 Å². The highest BCUT2D eigenvalue weighted by atomic mass is 16.5. The number of nitriles is 1. The van der Waals surface area contributed by atoms with E-state index in [1.54, 1.807) is 13.3 Å². The van der Waals surface area contributed by atoms with Gasteiger partial charge >= 0.3 is 0 Å². The Hall–Kier alpha value is -3.86. The smallest absolute Gasteiger partial charge is 0.216 e. The summed E-state index contributed by atoms with van der Waals surface area (Å²) in [6.45, 7) is 0.655. The van der Waals surface area contributed by atoms with Gasteiger partial charge < -0.3 is 15.4 Å². The highest BCUT2D eigenvalue weighted by molar-refractivity contribution is 5.77. The van der Waals surface area contributed by atoms with Crippen molar-refractivity contribution in [3.63, 3.8) is 0 Å². The first-order chi connectivity index (χ1) is 12.8. The molecule has 3 N–H and O–H groups in total. The number of H-pyrrole nitrogens is 1. The van der Waals surface area contributed by atoms with Crippen LogP contribution in [0.3, 0.4) is 0 Å². The third kappa shape index (κ3) is 4.15. The third-order valence-electron chi connectivity index (χ3n) is 3.65. The molecule has 8 heteroatoms. The molecule has 2 aromatic carbocycles. The first kappa shape index (κ1) is 17.0. The number of para-hydroxylation sites is 2. The molecule has 3 aromatic rings. The second-order valence-corrected chi connectivity index (χ2v) is 5.30. The summed E-state index contributed by atoms with van der Waals surface area (Å²) in [5.41, 5.74) is 3.14. The molecule has 0 aliphatic heterocycles. The molecule has 0 amide bonds. The third-order valence-corrected chi connectivity index (χ3v) is 3.65. The monoisotopic (exact) mass is 347 g/mol. The Morgan fingerprint density at radius 1 is 1.19 bits per heavy atom. The molecule has 130 valence electrons. The quantitative estimate of drug-likeness (QED) is 0.563. The van der Waals surface area contributed by atoms with E-state index >= 15 is 0 Å². The molecule has 0 aliphatic carbocycles. The van der Waals surface area contributed by atoms with Gasteiger partial charge in [0.15, 0.2) is 0 Å². The topological polar surface area (TPSA) is 112 Å². The van der Waals surface area contributed by atoms with Crippen molar-refractivity contribution >= 4 is 16.9 Å². The van der Waals surface area contributed by atoms with Crippen LogP contribution >= 0.6 is 0 Å². The van der Waals surface area contributed by atoms with E-state index < -0.39 is 0 Å². The normalized spacial score (nSPS) is 10.8. The van der Waals surface area contributed by atoms with Gasteiger partial charge in [-0.05, 0) is 35.0 Å². The minimum Gasteiger partial charge on any atom is -0.497 e. The first-order valence-electron chi connectivity index (χ1n) is 7.86. The number of benzene rings is 2. The van der Waals surface area contributed by atoms with Crippen LogP contribution in [-0.2, 0) is 6.54 Å². The van der Waals surface area contributed by atoms with Gasteiger partial charge in [0.25, 0.3) is 0 Å². The number of anilines is 2. The van der Waals surface area contributed by atoms with E-state index in [1.165, 1.54) is 0 Å². The van der Waals surface area contributed by atoms with Crippen LogP contribution in [0, 0.1) is 11.3 Å². The number of aromatic nitrogens is 4. The van der Waals surface area contributed by atoms with E-state index in [2.05, 4.69) is 31.3 Å². The summed E-state index contributed by atoms with van der Waals surface area (Å²) in [7, 11) is 1.65. The maximum absolute atomic E-state index is 9.23. The summed E-state index contributed by atoms with van der Waals surface area (Å²) in [5, 5.41) is 29.1. The van der Waals surface area contributed by atoms with Gasteiger partial charge in [0.2, 0.25) is 5.82 Å². The summed E-state index contributed by atoms with van der Waals surface area (Å²) in [5.74, 6) is 1.06. The van der Waals surface area contributed by atoms with Crippen molar-refractivity contribution in [2.45, 2.75) is 6.54 Å². The van der Waals surface area contributed by atoms with Crippen molar-refractivity contribution in [3.8, 4) is 11.8 Å². The number of methoxy groups -OCH3 is 1. The zero-order valence-corrected chi connectivity index (χ0v) is 14.1. The largest absolute Gasteiger partial charge is 0.497 e. The number of tetrazole rings is 1. The number of hydrogen-bond donors (Lipinski definition) is 3. The summed E-state index contributed by atoms with van der Waals surface area (Å²) in [4.78, 5) is 0. The summed E-state index contributed by atoms with van der Waals surface area (Å²) >= 11 is 0. The van der Waals surface area contributed by atoms with E-state index in [4.69, 9.17) is 4.74 Å². The van der Waals surface area contributed by atoms with Gasteiger partial charge in [-0.2, -0.15) is 10.5 Å². The molecule has 0 aliphatic rings. The lowest BCUT2D eigenvalue weighted by Gasteiger charge is -2.12. The number of aromatic amines is 1. The Balaban J connectivity index is 1.70. The maximum Gasteiger partial charge on any atom is 0.216 e. The van der Waals surface area contributed by atoms with E-state index in [0.717, 1.165) is 22.7 Å². The van der Waals surface area contributed by atoms with E-state index in [9.17, 15) is 5.26 Å². The van der Waals surface area contributed by atoms with Gasteiger partial charge in [-0.15, -0.1) is 10.2 Å². The number of allylic oxidation sites excluding steroid dienone is 1. The molecular weight excluding hydrogens is 330 g/mol. The molecule has 3 rings (SSSR count). The molecule has 1 heterocycles. The average molecular weight is 347 g/mol. The zero-order chi connectivity index (χ0) is 18.2. The SMILES string of the molecule is COc1ccc(CNc2ccccc2NC=C(C#N)c2nn[nH]n2)cc1. The lowest BCUT2D eigenvalue weighted by atomic mass is 10.2. The highest BCUT2D eigenvalue weighted by Crippen LogP contribution is 2.23. The molecule has 0 radical (unpaired) electrons. The van der Waals surface area contributed by atoms with Crippen LogP contribution in [0.15, 0.2) is 54.7 Å². The van der Waals surface area contributed by atoms with Crippen molar-refractivity contribution < 1.29 is 4.74 Å². The predicted molar refractivity (Wildman–Crippen MR) is 98.2 cm³/mol. The standard InChI is InChI=1S/C18H17N7O/c1-26-15-8-6-13(7-9-15)11-20-16-4-2-3-5-17(16)21-12-14(10-19)18-22-24-25-23-18/h2-9,12,20-21H,11H2,1H3,(H,22,23,24,25). The molecule has 26 heavy (non-hydrogen) atoms. The fourth-order valence-corrected chi connectivity index (χ4v) is 2.28. The first-order valence-corrected chi connectivity index (χ1v) is 7.86. The van der Waals surface area contributed by atoms with Crippen LogP contribution in [0.2, 0.25) is 0 Å². The van der Waals surface area contributed by atoms with E-state index in [1.807, 2.05) is 54.6 Å². The van der Waals surface area contributed by atoms with Gasteiger partial charge in [-0.3, -0.25) is 0 Å². The molecule has 0 unspecified atom stereocenters. The molecule has 0 bridgehead atoms. The van der Waals surface area contributed by atoms with Gasteiger partial charge in [0.05, 0.1) is 18.5 Å². The minimum absolute atomic E-state index is 0.240. The van der Waals surface area contributed by atoms with Gasteiger partial charge in [0, 0.05) is 12.7 Å². The lowest BCUT2D eigenvalue weighted by Crippen LogP contribution is -2.02. The van der Waals surface area contributed by atoms with Crippen molar-refractivity contribution in [3.05, 3.63) is 66.1 Å². The predicted octanol–water partition coefficient (Wildman–Crippen LogP) is 2.80. The fourth-order valence-electron chi connectivity index (χ4n) is 2.28. The molecule has 0 spiro atoms. The van der Waals surface area contributed by atoms with Gasteiger partial charge in [-0.1, -0.05) is 24.3 Å². The number of ether oxygens (including phenoxy) is 1. The van der Waals surface area contributed by atoms with Crippen molar-refractivity contribution in [2.24, 2.45) is 0 Å². The number of nitrogens with one attached hydrogen (secondary N) is 3. The number of nitrogens with zero attached hydrogens (tertiary/aromatic N) is 4. The Morgan fingerprint density at radius 3 is 2.62 bits per heavy atom. The van der Waals surface area contributed by atoms with Gasteiger partial charge in [-0.25, -0.2) is 0 Å². The van der Waals surface area contributed by atoms with Crippen LogP contribution in [0.1, 0.15) is 11.4 Å². The number of hydrogen-bond acceptors (Lipinski definition) is 7. The van der Waals surface area contributed by atoms with E-state index in [-0.39, 0.29) is 11.4 Å². The summed E-state index contributed by atoms with van der Waals surface area (Å²) in [6, 6.07) is 17.6. The summed E-state index contributed by atoms with van der Waals surface area (Å²) < 4.78 is 5.17. The molecule has 0 atom stereocenters. The summed E-state index contributed by atoms with van der Waals surface area (Å²) in [6.07, 6.45) is 1.55. The van der Waals surface area contributed by atoms with Crippen LogP contribution < -0.4 is 15.4 Å². The Labute approximate surface area is 150 Å². The zero-order valence-electron chi connectivity index (χ0n) is 14.1. The van der Waals surface area contributed by atoms with Crippen LogP contribution in [0.4, 0.5) is 11.4 Å². The maximum atomic E-state index is 9.23. The second-order valence-electron chi connectivity index (χ2n) is 5.30. The Morgan fingerprint density at radius 2 is 1.96 bits per heavy atom. The Bertz CT molecular complexity index is 911. The van der Waals surface area contributed by atoms with E-state index in [0.29, 0.717) is 6.54 Å². The lowest BCUT2D eigenvalue weighted by molar-refractivity contribution is 0.414. The Kier molecular flexibility index (Phi) is 5.42. The average Bonchev–Trinajstić information content (AvgIpc) is 3.22. The number of rotatable bonds is 7. The highest BCUT2D eigenvalue weighted by Gasteiger charge is 2.06. The molecule has 1 aromatic heterocycles. The van der Waals surface area contributed by atoms with Crippen LogP contribution in [0.5, 0.6) is 5.75 Å². The van der Waals surface area contributed by atoms with Crippen molar-refractivity contribution in [2.75, 3.05) is 17.7 Å². The van der Waals surface area contributed by atoms with Crippen LogP contribution in [-0.4, -0.2) is 27.7 Å². The molecule has 8 nitrogen and oxygen atoms in total. The molecule has 0 saturated heterocycles. The molecule has 0 saturated carbocycles. The molecule has 0 fully saturated rings. The van der Waals surface area contributed by atoms with Crippen molar-refractivity contribution in [1.82, 2.24) is 20.6 Å². The molecular formula is C18H17N7O. The van der Waals surface area contributed by atoms with Gasteiger partial charge in [0.1, 0.15) is 17.4 Å². The fraction of sp³-hybridized carbons (Fsp3) is 0.111. The minimum atomic E-state index is 0.240.